The van der Waals surface area contributed by atoms with Gasteiger partial charge in [-0.2, -0.15) is 0 Å². The summed E-state index contributed by atoms with van der Waals surface area (Å²) in [6.07, 6.45) is 0. The third kappa shape index (κ3) is 6.35. The molecule has 0 saturated carbocycles. The van der Waals surface area contributed by atoms with E-state index in [0.717, 1.165) is 17.1 Å². The Morgan fingerprint density at radius 3 is 1.63 bits per heavy atom. The Labute approximate surface area is 357 Å². The molecule has 0 amide bonds. The third-order valence-electron chi connectivity index (χ3n) is 13.2. The van der Waals surface area contributed by atoms with E-state index in [9.17, 15) is 0 Å². The molecule has 0 N–H and O–H groups in total. The Morgan fingerprint density at radius 2 is 1.00 bits per heavy atom. The highest BCUT2D eigenvalue weighted by atomic mass is 16.5. The van der Waals surface area contributed by atoms with Gasteiger partial charge in [-0.3, -0.25) is 0 Å². The highest BCUT2D eigenvalue weighted by Crippen LogP contribution is 2.53. The lowest BCUT2D eigenvalue weighted by Crippen LogP contribution is -2.65. The normalized spacial score (nSPS) is 16.8. The van der Waals surface area contributed by atoms with Crippen molar-refractivity contribution in [1.29, 1.82) is 0 Å². The topological polar surface area (TPSA) is 15.7 Å². The van der Waals surface area contributed by atoms with Gasteiger partial charge in [0.15, 0.2) is 0 Å². The number of anilines is 5. The summed E-state index contributed by atoms with van der Waals surface area (Å²) < 4.78 is 7.34. The van der Waals surface area contributed by atoms with Gasteiger partial charge in [0.2, 0.25) is 0 Å². The van der Waals surface area contributed by atoms with Crippen molar-refractivity contribution in [3.05, 3.63) is 180 Å². The zero-order valence-corrected chi connectivity index (χ0v) is 36.5. The molecule has 7 aromatic carbocycles. The standard InChI is InChI=1S/C56H55BN2O/c1-54(2,3)40-26-21-36(22-27-40)38-15-13-18-44(33-38)59-48-20-14-19-47-51(48)57(53-52(59)45-35-42(56(7,8)9)30-32-50(45)60-53)46-31-25-39(37-23-28-41(29-24-37)55(4,5)6)34-49(46)58(47)43-16-11-10-12-17-43/h10-35,52-53H,1-9H3. The first-order valence-electron chi connectivity index (χ1n) is 21.7. The second-order valence-electron chi connectivity index (χ2n) is 20.2. The fourth-order valence-electron chi connectivity index (χ4n) is 9.81. The molecule has 0 spiro atoms. The van der Waals surface area contributed by atoms with Crippen molar-refractivity contribution in [3.8, 4) is 28.0 Å². The summed E-state index contributed by atoms with van der Waals surface area (Å²) in [6.45, 7) is 20.6. The number of ether oxygens (including phenoxy) is 1. The molecule has 3 heterocycles. The number of nitrogens with zero attached hydrogens (tertiary/aromatic N) is 2. The lowest BCUT2D eigenvalue weighted by molar-refractivity contribution is 0.282. The van der Waals surface area contributed by atoms with Crippen LogP contribution in [0.1, 0.15) is 90.6 Å². The smallest absolute Gasteiger partial charge is 0.267 e. The minimum atomic E-state index is -0.160. The van der Waals surface area contributed by atoms with Crippen LogP contribution in [0.5, 0.6) is 5.75 Å². The monoisotopic (exact) mass is 782 g/mol. The second kappa shape index (κ2) is 13.8. The van der Waals surface area contributed by atoms with Crippen molar-refractivity contribution in [2.24, 2.45) is 0 Å². The first-order valence-corrected chi connectivity index (χ1v) is 21.7. The Morgan fingerprint density at radius 1 is 0.450 bits per heavy atom. The van der Waals surface area contributed by atoms with Gasteiger partial charge in [0.1, 0.15) is 11.8 Å². The van der Waals surface area contributed by atoms with Crippen LogP contribution in [0.3, 0.4) is 0 Å². The zero-order chi connectivity index (χ0) is 41.7. The fraction of sp³-hybridized carbons (Fsp3) is 0.250. The van der Waals surface area contributed by atoms with Crippen molar-refractivity contribution in [3.63, 3.8) is 0 Å². The molecule has 0 fully saturated rings. The molecule has 3 nitrogen and oxygen atoms in total. The largest absolute Gasteiger partial charge is 0.495 e. The van der Waals surface area contributed by atoms with Gasteiger partial charge in [-0.05, 0) is 121 Å². The van der Waals surface area contributed by atoms with Crippen molar-refractivity contribution < 1.29 is 4.74 Å². The average molecular weight is 783 g/mol. The summed E-state index contributed by atoms with van der Waals surface area (Å²) in [5, 5.41) is 0. The van der Waals surface area contributed by atoms with E-state index in [4.69, 9.17) is 4.74 Å². The zero-order valence-electron chi connectivity index (χ0n) is 36.5. The summed E-state index contributed by atoms with van der Waals surface area (Å²) >= 11 is 0. The van der Waals surface area contributed by atoms with Crippen LogP contribution in [0.2, 0.25) is 0 Å². The SMILES string of the molecule is CC(C)(C)c1ccc(-c2cccc(N3c4cccc5c4B(c4ccc(-c6ccc(C(C)(C)C)cc6)cc4N5c4ccccc4)C4Oc5ccc(C(C)(C)C)cc5C43)c2)cc1. The lowest BCUT2D eigenvalue weighted by Gasteiger charge is -2.48. The molecule has 0 aromatic heterocycles. The van der Waals surface area contributed by atoms with Gasteiger partial charge in [0.25, 0.3) is 6.71 Å². The summed E-state index contributed by atoms with van der Waals surface area (Å²) in [6, 6.07) is 59.1. The maximum atomic E-state index is 7.34. The summed E-state index contributed by atoms with van der Waals surface area (Å²) in [5.41, 5.74) is 18.8. The lowest BCUT2D eigenvalue weighted by atomic mass is 9.32. The maximum Gasteiger partial charge on any atom is 0.267 e. The summed E-state index contributed by atoms with van der Waals surface area (Å²) in [5.74, 6) is 0.980. The van der Waals surface area contributed by atoms with E-state index in [1.807, 2.05) is 0 Å². The predicted molar refractivity (Wildman–Crippen MR) is 255 cm³/mol. The number of para-hydroxylation sites is 1. The van der Waals surface area contributed by atoms with E-state index in [0.29, 0.717) is 0 Å². The fourth-order valence-corrected chi connectivity index (χ4v) is 9.81. The molecule has 3 aliphatic rings. The molecule has 7 aromatic rings. The summed E-state index contributed by atoms with van der Waals surface area (Å²) in [4.78, 5) is 5.09. The van der Waals surface area contributed by atoms with Gasteiger partial charge < -0.3 is 14.5 Å². The average Bonchev–Trinajstić information content (AvgIpc) is 3.61. The Hall–Kier alpha value is -6.00. The third-order valence-corrected chi connectivity index (χ3v) is 13.2. The molecule has 2 unspecified atom stereocenters. The maximum absolute atomic E-state index is 7.34. The second-order valence-corrected chi connectivity index (χ2v) is 20.2. The first kappa shape index (κ1) is 38.2. The Balaban J connectivity index is 1.19. The minimum Gasteiger partial charge on any atom is -0.495 e. The van der Waals surface area contributed by atoms with E-state index in [1.165, 1.54) is 72.5 Å². The van der Waals surface area contributed by atoms with E-state index >= 15 is 0 Å². The van der Waals surface area contributed by atoms with Gasteiger partial charge >= 0.3 is 0 Å². The highest BCUT2D eigenvalue weighted by Gasteiger charge is 2.55. The van der Waals surface area contributed by atoms with Gasteiger partial charge in [0, 0.05) is 34.0 Å². The molecular formula is C56H55BN2O. The van der Waals surface area contributed by atoms with Crippen molar-refractivity contribution in [1.82, 2.24) is 0 Å². The van der Waals surface area contributed by atoms with Crippen LogP contribution >= 0.6 is 0 Å². The molecule has 3 aliphatic heterocycles. The Bertz CT molecular complexity index is 2750. The van der Waals surface area contributed by atoms with Crippen LogP contribution in [0.25, 0.3) is 22.3 Å². The quantitative estimate of drug-likeness (QED) is 0.165. The van der Waals surface area contributed by atoms with Crippen molar-refractivity contribution in [2.45, 2.75) is 90.6 Å². The molecule has 60 heavy (non-hydrogen) atoms. The van der Waals surface area contributed by atoms with Gasteiger partial charge in [-0.15, -0.1) is 0 Å². The van der Waals surface area contributed by atoms with Gasteiger partial charge in [-0.25, -0.2) is 0 Å². The van der Waals surface area contributed by atoms with Crippen LogP contribution in [-0.4, -0.2) is 12.7 Å². The first-order chi connectivity index (χ1) is 28.6. The van der Waals surface area contributed by atoms with E-state index in [-0.39, 0.29) is 35.0 Å². The molecule has 4 heteroatoms. The van der Waals surface area contributed by atoms with E-state index in [2.05, 4.69) is 230 Å². The van der Waals surface area contributed by atoms with Crippen LogP contribution in [-0.2, 0) is 16.2 Å². The summed E-state index contributed by atoms with van der Waals surface area (Å²) in [7, 11) is 0. The molecule has 2 atom stereocenters. The Kier molecular flexibility index (Phi) is 8.78. The molecule has 0 aliphatic carbocycles. The van der Waals surface area contributed by atoms with E-state index in [1.54, 1.807) is 0 Å². The molecule has 0 bridgehead atoms. The molecule has 0 saturated heterocycles. The van der Waals surface area contributed by atoms with Gasteiger partial charge in [-0.1, -0.05) is 165 Å². The van der Waals surface area contributed by atoms with Gasteiger partial charge in [0.05, 0.1) is 6.04 Å². The molecule has 0 radical (unpaired) electrons. The van der Waals surface area contributed by atoms with Crippen molar-refractivity contribution in [2.75, 3.05) is 9.80 Å². The minimum absolute atomic E-state index is 0.00309. The van der Waals surface area contributed by atoms with Crippen LogP contribution in [0.4, 0.5) is 28.4 Å². The van der Waals surface area contributed by atoms with Crippen LogP contribution in [0.15, 0.2) is 158 Å². The van der Waals surface area contributed by atoms with Crippen LogP contribution in [0, 0.1) is 0 Å². The predicted octanol–water partition coefficient (Wildman–Crippen LogP) is 13.5. The highest BCUT2D eigenvalue weighted by molar-refractivity contribution is 6.91. The number of rotatable bonds is 4. The number of benzene rings is 7. The van der Waals surface area contributed by atoms with Crippen LogP contribution < -0.4 is 25.5 Å². The van der Waals surface area contributed by atoms with E-state index < -0.39 is 0 Å². The number of hydrogen-bond donors (Lipinski definition) is 0. The number of fused-ring (bicyclic) bond motifs is 6. The molecular weight excluding hydrogens is 727 g/mol. The molecule has 10 rings (SSSR count). The van der Waals surface area contributed by atoms with Crippen molar-refractivity contribution >= 4 is 46.1 Å². The number of hydrogen-bond acceptors (Lipinski definition) is 3. The molecule has 298 valence electrons.